The van der Waals surface area contributed by atoms with E-state index in [2.05, 4.69) is 13.0 Å². The summed E-state index contributed by atoms with van der Waals surface area (Å²) in [5, 5.41) is 0. The smallest absolute Gasteiger partial charge is 0.120 e. The lowest BCUT2D eigenvalue weighted by Gasteiger charge is -2.04. The van der Waals surface area contributed by atoms with Crippen LogP contribution in [0.3, 0.4) is 0 Å². The Hall–Kier alpha value is -0.980. The molecule has 0 bridgehead atoms. The second-order valence-electron chi connectivity index (χ2n) is 2.55. The fourth-order valence-corrected chi connectivity index (χ4v) is 1.23. The Balaban J connectivity index is 2.51. The highest BCUT2D eigenvalue weighted by Crippen LogP contribution is 2.32. The van der Waals surface area contributed by atoms with Crippen LogP contribution in [-0.2, 0) is 0 Å². The van der Waals surface area contributed by atoms with Gasteiger partial charge in [-0.15, -0.1) is 5.92 Å². The minimum atomic E-state index is 0.330. The Morgan fingerprint density at radius 3 is 3.00 bits per heavy atom. The zero-order valence-electron chi connectivity index (χ0n) is 5.71. The van der Waals surface area contributed by atoms with Gasteiger partial charge in [-0.1, -0.05) is 18.2 Å². The van der Waals surface area contributed by atoms with Crippen LogP contribution in [0.2, 0.25) is 0 Å². The Kier molecular flexibility index (Phi) is 1.16. The van der Waals surface area contributed by atoms with Gasteiger partial charge in [-0.05, 0) is 11.6 Å². The van der Waals surface area contributed by atoms with Crippen LogP contribution in [0.4, 0.5) is 0 Å². The lowest BCUT2D eigenvalue weighted by atomic mass is 10.0. The highest BCUT2D eigenvalue weighted by Gasteiger charge is 2.12. The third-order valence-electron chi connectivity index (χ3n) is 1.80. The minimum absolute atomic E-state index is 0.330. The van der Waals surface area contributed by atoms with Crippen molar-refractivity contribution in [3.05, 3.63) is 36.8 Å². The monoisotopic (exact) mass is 133 g/mol. The molecule has 0 N–H and O–H groups in total. The van der Waals surface area contributed by atoms with Gasteiger partial charge >= 0.3 is 0 Å². The molecule has 0 radical (unpaired) electrons. The van der Waals surface area contributed by atoms with E-state index in [1.807, 2.05) is 18.2 Å². The molecular weight excluding hydrogens is 124 g/mol. The van der Waals surface area contributed by atoms with Crippen molar-refractivity contribution < 1.29 is 4.74 Å². The maximum absolute atomic E-state index is 5.35. The second kappa shape index (κ2) is 2.01. The van der Waals surface area contributed by atoms with Crippen LogP contribution >= 0.6 is 0 Å². The average Bonchev–Trinajstić information content (AvgIpc) is 2.34. The van der Waals surface area contributed by atoms with Crippen molar-refractivity contribution in [2.75, 3.05) is 6.61 Å². The summed E-state index contributed by atoms with van der Waals surface area (Å²) in [5.74, 6) is 1.33. The molecule has 0 spiro atoms. The first-order valence-corrected chi connectivity index (χ1v) is 3.43. The van der Waals surface area contributed by atoms with Crippen molar-refractivity contribution in [1.29, 1.82) is 0 Å². The number of benzene rings is 1. The van der Waals surface area contributed by atoms with Crippen LogP contribution in [-0.4, -0.2) is 6.61 Å². The molecule has 0 fully saturated rings. The third-order valence-corrected chi connectivity index (χ3v) is 1.80. The first-order chi connectivity index (χ1) is 4.88. The van der Waals surface area contributed by atoms with Gasteiger partial charge in [-0.3, -0.25) is 0 Å². The summed E-state index contributed by atoms with van der Waals surface area (Å²) in [6.45, 7) is 4.69. The van der Waals surface area contributed by atoms with Crippen LogP contribution in [0.15, 0.2) is 24.3 Å². The Morgan fingerprint density at radius 2 is 2.20 bits per heavy atom. The SMILES string of the molecule is [CH2-]C1COc2ccccc21. The molecule has 52 valence electrons. The van der Waals surface area contributed by atoms with Gasteiger partial charge in [0.05, 0.1) is 6.61 Å². The molecule has 1 unspecified atom stereocenters. The number of ether oxygens (including phenoxy) is 1. The first-order valence-electron chi connectivity index (χ1n) is 3.43. The van der Waals surface area contributed by atoms with Crippen LogP contribution in [0.5, 0.6) is 5.75 Å². The standard InChI is InChI=1S/C9H9O/c1-7-6-10-9-5-3-2-4-8(7)9/h2-5,7H,1,6H2/q-1. The summed E-state index contributed by atoms with van der Waals surface area (Å²) in [7, 11) is 0. The average molecular weight is 133 g/mol. The van der Waals surface area contributed by atoms with Crippen molar-refractivity contribution in [2.45, 2.75) is 5.92 Å². The van der Waals surface area contributed by atoms with Crippen LogP contribution in [0.1, 0.15) is 11.5 Å². The topological polar surface area (TPSA) is 9.23 Å². The van der Waals surface area contributed by atoms with Crippen LogP contribution in [0, 0.1) is 6.92 Å². The summed E-state index contributed by atoms with van der Waals surface area (Å²) < 4.78 is 5.35. The molecule has 1 aliphatic heterocycles. The molecule has 1 heterocycles. The maximum Gasteiger partial charge on any atom is 0.120 e. The summed E-state index contributed by atoms with van der Waals surface area (Å²) in [6.07, 6.45) is 0. The van der Waals surface area contributed by atoms with E-state index in [1.165, 1.54) is 5.56 Å². The predicted molar refractivity (Wildman–Crippen MR) is 40.0 cm³/mol. The van der Waals surface area contributed by atoms with Crippen molar-refractivity contribution in [3.8, 4) is 5.75 Å². The van der Waals surface area contributed by atoms with Gasteiger partial charge < -0.3 is 11.7 Å². The normalized spacial score (nSPS) is 21.9. The van der Waals surface area contributed by atoms with E-state index in [4.69, 9.17) is 4.74 Å². The quantitative estimate of drug-likeness (QED) is 0.492. The Labute approximate surface area is 60.6 Å². The molecule has 10 heavy (non-hydrogen) atoms. The molecular formula is C9H9O-. The molecule has 0 saturated carbocycles. The van der Waals surface area contributed by atoms with Gasteiger partial charge in [-0.25, -0.2) is 0 Å². The number of para-hydroxylation sites is 1. The van der Waals surface area contributed by atoms with Crippen molar-refractivity contribution >= 4 is 0 Å². The van der Waals surface area contributed by atoms with E-state index < -0.39 is 0 Å². The van der Waals surface area contributed by atoms with Crippen molar-refractivity contribution in [1.82, 2.24) is 0 Å². The molecule has 0 amide bonds. The molecule has 1 heteroatoms. The van der Waals surface area contributed by atoms with Gasteiger partial charge in [0.1, 0.15) is 5.75 Å². The van der Waals surface area contributed by atoms with Crippen molar-refractivity contribution in [2.24, 2.45) is 0 Å². The van der Waals surface area contributed by atoms with Gasteiger partial charge in [0.2, 0.25) is 0 Å². The fourth-order valence-electron chi connectivity index (χ4n) is 1.23. The lowest BCUT2D eigenvalue weighted by molar-refractivity contribution is 0.344. The van der Waals surface area contributed by atoms with E-state index in [-0.39, 0.29) is 0 Å². The van der Waals surface area contributed by atoms with Crippen molar-refractivity contribution in [3.63, 3.8) is 0 Å². The van der Waals surface area contributed by atoms with Gasteiger partial charge in [-0.2, -0.15) is 0 Å². The fraction of sp³-hybridized carbons (Fsp3) is 0.222. The lowest BCUT2D eigenvalue weighted by Crippen LogP contribution is -1.93. The van der Waals surface area contributed by atoms with Gasteiger partial charge in [0.25, 0.3) is 0 Å². The molecule has 0 aliphatic carbocycles. The van der Waals surface area contributed by atoms with E-state index in [9.17, 15) is 0 Å². The zero-order chi connectivity index (χ0) is 6.97. The summed E-state index contributed by atoms with van der Waals surface area (Å²) >= 11 is 0. The largest absolute Gasteiger partial charge is 0.495 e. The summed E-state index contributed by atoms with van der Waals surface area (Å²) in [4.78, 5) is 0. The van der Waals surface area contributed by atoms with Gasteiger partial charge in [0, 0.05) is 0 Å². The molecule has 2 rings (SSSR count). The number of rotatable bonds is 0. The maximum atomic E-state index is 5.35. The van der Waals surface area contributed by atoms with Gasteiger partial charge in [0.15, 0.2) is 0 Å². The molecule has 0 saturated heterocycles. The highest BCUT2D eigenvalue weighted by atomic mass is 16.5. The molecule has 1 aromatic carbocycles. The summed E-state index contributed by atoms with van der Waals surface area (Å²) in [5.41, 5.74) is 1.24. The molecule has 1 aliphatic rings. The Bertz CT molecular complexity index is 242. The summed E-state index contributed by atoms with van der Waals surface area (Å²) in [6, 6.07) is 8.06. The Morgan fingerprint density at radius 1 is 1.40 bits per heavy atom. The highest BCUT2D eigenvalue weighted by molar-refractivity contribution is 5.39. The molecule has 0 aromatic heterocycles. The minimum Gasteiger partial charge on any atom is -0.495 e. The van der Waals surface area contributed by atoms with E-state index >= 15 is 0 Å². The zero-order valence-corrected chi connectivity index (χ0v) is 5.71. The third kappa shape index (κ3) is 0.703. The molecule has 1 atom stereocenters. The van der Waals surface area contributed by atoms with E-state index in [1.54, 1.807) is 0 Å². The van der Waals surface area contributed by atoms with E-state index in [0.29, 0.717) is 5.92 Å². The molecule has 1 aromatic rings. The second-order valence-corrected chi connectivity index (χ2v) is 2.55. The first kappa shape index (κ1) is 5.78. The number of hydrogen-bond donors (Lipinski definition) is 0. The van der Waals surface area contributed by atoms with Crippen LogP contribution < -0.4 is 4.74 Å². The number of fused-ring (bicyclic) bond motifs is 1. The van der Waals surface area contributed by atoms with Crippen LogP contribution in [0.25, 0.3) is 0 Å². The predicted octanol–water partition coefficient (Wildman–Crippen LogP) is 2.00. The van der Waals surface area contributed by atoms with E-state index in [0.717, 1.165) is 12.4 Å². The number of hydrogen-bond acceptors (Lipinski definition) is 1. The molecule has 1 nitrogen and oxygen atoms in total.